The van der Waals surface area contributed by atoms with Crippen molar-refractivity contribution in [2.75, 3.05) is 12.4 Å². The van der Waals surface area contributed by atoms with Crippen molar-refractivity contribution in [1.29, 1.82) is 0 Å². The van der Waals surface area contributed by atoms with E-state index in [0.717, 1.165) is 31.4 Å². The summed E-state index contributed by atoms with van der Waals surface area (Å²) < 4.78 is 10.5. The van der Waals surface area contributed by atoms with E-state index in [-0.39, 0.29) is 23.7 Å². The van der Waals surface area contributed by atoms with Gasteiger partial charge in [-0.05, 0) is 65.0 Å². The van der Waals surface area contributed by atoms with Crippen molar-refractivity contribution in [3.63, 3.8) is 0 Å². The monoisotopic (exact) mass is 378 g/mol. The van der Waals surface area contributed by atoms with Gasteiger partial charge in [-0.15, -0.1) is 0 Å². The fraction of sp³-hybridized carbons (Fsp3) is 0.600. The van der Waals surface area contributed by atoms with Gasteiger partial charge in [0.25, 0.3) is 0 Å². The molecule has 150 valence electrons. The van der Waals surface area contributed by atoms with E-state index in [1.807, 2.05) is 26.8 Å². The van der Waals surface area contributed by atoms with E-state index in [2.05, 4.69) is 10.6 Å². The maximum absolute atomic E-state index is 11.9. The molecule has 0 spiro atoms. The Balaban J connectivity index is 1.95. The van der Waals surface area contributed by atoms with Gasteiger partial charge < -0.3 is 25.2 Å². The average Bonchev–Trinajstić information content (AvgIpc) is 2.56. The molecule has 1 amide bonds. The van der Waals surface area contributed by atoms with Gasteiger partial charge in [0.1, 0.15) is 11.4 Å². The van der Waals surface area contributed by atoms with Crippen LogP contribution >= 0.6 is 0 Å². The first-order valence-corrected chi connectivity index (χ1v) is 9.27. The molecule has 27 heavy (non-hydrogen) atoms. The lowest BCUT2D eigenvalue weighted by Crippen LogP contribution is -2.42. The zero-order valence-electron chi connectivity index (χ0n) is 16.7. The third-order valence-corrected chi connectivity index (χ3v) is 4.65. The van der Waals surface area contributed by atoms with Gasteiger partial charge in [0.05, 0.1) is 12.7 Å². The van der Waals surface area contributed by atoms with Crippen LogP contribution in [0.1, 0.15) is 62.4 Å². The molecule has 1 aromatic carbocycles. The number of aromatic carboxylic acids is 1. The molecule has 1 aromatic rings. The number of methoxy groups -OCH3 is 1. The topological polar surface area (TPSA) is 96.9 Å². The normalized spacial score (nSPS) is 19.9. The molecule has 0 radical (unpaired) electrons. The molecule has 0 bridgehead atoms. The number of carboxylic acids is 1. The van der Waals surface area contributed by atoms with Crippen LogP contribution in [-0.2, 0) is 4.74 Å². The molecule has 3 N–H and O–H groups in total. The predicted molar refractivity (Wildman–Crippen MR) is 104 cm³/mol. The van der Waals surface area contributed by atoms with Crippen LogP contribution in [0.2, 0.25) is 0 Å². The van der Waals surface area contributed by atoms with Crippen molar-refractivity contribution in [1.82, 2.24) is 5.32 Å². The summed E-state index contributed by atoms with van der Waals surface area (Å²) >= 11 is 0. The highest BCUT2D eigenvalue weighted by molar-refractivity contribution is 5.92. The van der Waals surface area contributed by atoms with Crippen LogP contribution in [0.5, 0.6) is 5.75 Å². The molecule has 7 heteroatoms. The number of hydrogen-bond acceptors (Lipinski definition) is 5. The lowest BCUT2D eigenvalue weighted by molar-refractivity contribution is 0.0491. The number of benzene rings is 1. The minimum Gasteiger partial charge on any atom is -0.497 e. The Hall–Kier alpha value is -2.44. The summed E-state index contributed by atoms with van der Waals surface area (Å²) in [5, 5.41) is 15.8. The Morgan fingerprint density at radius 2 is 1.70 bits per heavy atom. The van der Waals surface area contributed by atoms with E-state index < -0.39 is 11.6 Å². The highest BCUT2D eigenvalue weighted by Crippen LogP contribution is 2.29. The number of ether oxygens (including phenoxy) is 2. The molecule has 0 unspecified atom stereocenters. The number of anilines is 1. The van der Waals surface area contributed by atoms with E-state index >= 15 is 0 Å². The van der Waals surface area contributed by atoms with Gasteiger partial charge in [-0.3, -0.25) is 0 Å². The number of carbonyl (C=O) groups excluding carboxylic acids is 1. The number of carbonyl (C=O) groups is 2. The van der Waals surface area contributed by atoms with E-state index in [1.165, 1.54) is 13.2 Å². The first-order valence-electron chi connectivity index (χ1n) is 9.27. The maximum atomic E-state index is 11.9. The number of amides is 1. The summed E-state index contributed by atoms with van der Waals surface area (Å²) in [6.07, 6.45) is 3.05. The van der Waals surface area contributed by atoms with E-state index in [9.17, 15) is 14.7 Å². The number of rotatable bonds is 5. The lowest BCUT2D eigenvalue weighted by atomic mass is 9.90. The summed E-state index contributed by atoms with van der Waals surface area (Å²) in [7, 11) is 1.52. The molecule has 1 fully saturated rings. The molecule has 1 saturated carbocycles. The van der Waals surface area contributed by atoms with Gasteiger partial charge >= 0.3 is 12.1 Å². The second kappa shape index (κ2) is 8.50. The number of alkyl carbamates (subject to hydrolysis) is 1. The maximum Gasteiger partial charge on any atom is 0.407 e. The molecule has 7 nitrogen and oxygen atoms in total. The Morgan fingerprint density at radius 1 is 1.11 bits per heavy atom. The van der Waals surface area contributed by atoms with Crippen molar-refractivity contribution in [3.05, 3.63) is 23.3 Å². The third-order valence-electron chi connectivity index (χ3n) is 4.65. The highest BCUT2D eigenvalue weighted by Gasteiger charge is 2.25. The highest BCUT2D eigenvalue weighted by atomic mass is 16.6. The molecule has 0 atom stereocenters. The standard InChI is InChI=1S/C20H30N2O5/c1-12-16(18(23)24)10-15(26-5)11-17(12)21-13-6-8-14(9-7-13)22-19(25)27-20(2,3)4/h10-11,13-14,21H,6-9H2,1-5H3,(H,22,25)(H,23,24)/t13-,14-. The second-order valence-corrected chi connectivity index (χ2v) is 7.99. The van der Waals surface area contributed by atoms with Crippen LogP contribution in [-0.4, -0.2) is 42.0 Å². The minimum atomic E-state index is -0.972. The van der Waals surface area contributed by atoms with Gasteiger partial charge in [0.15, 0.2) is 0 Å². The Kier molecular flexibility index (Phi) is 6.57. The quantitative estimate of drug-likeness (QED) is 0.718. The zero-order valence-corrected chi connectivity index (χ0v) is 16.7. The summed E-state index contributed by atoms with van der Waals surface area (Å²) in [5.74, 6) is -0.458. The predicted octanol–water partition coefficient (Wildman–Crippen LogP) is 3.95. The second-order valence-electron chi connectivity index (χ2n) is 7.99. The van der Waals surface area contributed by atoms with Crippen molar-refractivity contribution < 1.29 is 24.2 Å². The fourth-order valence-corrected chi connectivity index (χ4v) is 3.25. The fourth-order valence-electron chi connectivity index (χ4n) is 3.25. The van der Waals surface area contributed by atoms with Gasteiger partial charge in [-0.2, -0.15) is 0 Å². The average molecular weight is 378 g/mol. The molecular formula is C20H30N2O5. The van der Waals surface area contributed by atoms with Crippen molar-refractivity contribution in [2.24, 2.45) is 0 Å². The van der Waals surface area contributed by atoms with Gasteiger partial charge in [-0.25, -0.2) is 9.59 Å². The van der Waals surface area contributed by atoms with E-state index in [4.69, 9.17) is 9.47 Å². The molecular weight excluding hydrogens is 348 g/mol. The molecule has 1 aliphatic rings. The van der Waals surface area contributed by atoms with E-state index in [0.29, 0.717) is 11.3 Å². The lowest BCUT2D eigenvalue weighted by Gasteiger charge is -2.31. The molecule has 2 rings (SSSR count). The van der Waals surface area contributed by atoms with E-state index in [1.54, 1.807) is 6.92 Å². The van der Waals surface area contributed by atoms with Crippen molar-refractivity contribution in [2.45, 2.75) is 71.1 Å². The van der Waals surface area contributed by atoms with Crippen LogP contribution in [0.3, 0.4) is 0 Å². The first kappa shape index (κ1) is 20.9. The van der Waals surface area contributed by atoms with Crippen LogP contribution in [0, 0.1) is 6.92 Å². The molecule has 0 aromatic heterocycles. The Morgan fingerprint density at radius 3 is 2.22 bits per heavy atom. The summed E-state index contributed by atoms with van der Waals surface area (Å²) in [4.78, 5) is 23.3. The Labute approximate surface area is 160 Å². The minimum absolute atomic E-state index is 0.0962. The molecule has 0 saturated heterocycles. The van der Waals surface area contributed by atoms with Gasteiger partial charge in [0, 0.05) is 23.8 Å². The summed E-state index contributed by atoms with van der Waals surface area (Å²) in [6, 6.07) is 3.67. The summed E-state index contributed by atoms with van der Waals surface area (Å²) in [6.45, 7) is 7.32. The first-order chi connectivity index (χ1) is 12.6. The van der Waals surface area contributed by atoms with Crippen LogP contribution in [0.15, 0.2) is 12.1 Å². The molecule has 0 aliphatic heterocycles. The van der Waals surface area contributed by atoms with Crippen molar-refractivity contribution >= 4 is 17.7 Å². The molecule has 0 heterocycles. The van der Waals surface area contributed by atoms with Crippen molar-refractivity contribution in [3.8, 4) is 5.75 Å². The SMILES string of the molecule is COc1cc(N[C@H]2CC[C@H](NC(=O)OC(C)(C)C)CC2)c(C)c(C(=O)O)c1. The van der Waals surface area contributed by atoms with Crippen LogP contribution in [0.25, 0.3) is 0 Å². The largest absolute Gasteiger partial charge is 0.497 e. The summed E-state index contributed by atoms with van der Waals surface area (Å²) in [5.41, 5.74) is 1.19. The third kappa shape index (κ3) is 6.05. The molecule has 1 aliphatic carbocycles. The number of nitrogens with one attached hydrogen (secondary N) is 2. The van der Waals surface area contributed by atoms with Crippen LogP contribution in [0.4, 0.5) is 10.5 Å². The number of hydrogen-bond donors (Lipinski definition) is 3. The van der Waals surface area contributed by atoms with Gasteiger partial charge in [0.2, 0.25) is 0 Å². The van der Waals surface area contributed by atoms with Crippen LogP contribution < -0.4 is 15.4 Å². The Bertz CT molecular complexity index is 688. The van der Waals surface area contributed by atoms with Gasteiger partial charge in [-0.1, -0.05) is 0 Å². The zero-order chi connectivity index (χ0) is 20.2. The smallest absolute Gasteiger partial charge is 0.407 e. The number of carboxylic acid groups (broad SMARTS) is 1.